The number of hydrogen-bond acceptors (Lipinski definition) is 8. The first-order valence-electron chi connectivity index (χ1n) is 15.4. The molecule has 0 bridgehead atoms. The summed E-state index contributed by atoms with van der Waals surface area (Å²) in [4.78, 5) is 34.8. The molecule has 16 heteroatoms. The second-order valence-electron chi connectivity index (χ2n) is 11.5. The Morgan fingerprint density at radius 1 is 1.06 bits per heavy atom. The summed E-state index contributed by atoms with van der Waals surface area (Å²) in [7, 11) is 3.15. The SMILES string of the molecule is COc1ccc(CNc2ncc(I)c3c2c(-c2ccc(C(=O)Nc4cc(C(F)(F)F)ccn4)cc2)nn3[C@@H]2CCCN(C(=O)O)C2)c(OC)c1. The van der Waals surface area contributed by atoms with Crippen molar-refractivity contribution in [3.05, 3.63) is 87.3 Å². The van der Waals surface area contributed by atoms with Crippen molar-refractivity contribution >= 4 is 57.1 Å². The van der Waals surface area contributed by atoms with Crippen molar-refractivity contribution < 1.29 is 37.3 Å². The maximum atomic E-state index is 13.2. The van der Waals surface area contributed by atoms with Crippen LogP contribution in [-0.2, 0) is 12.7 Å². The fourth-order valence-corrected chi connectivity index (χ4v) is 6.54. The first-order valence-corrected chi connectivity index (χ1v) is 16.5. The number of benzene rings is 2. The summed E-state index contributed by atoms with van der Waals surface area (Å²) >= 11 is 2.19. The van der Waals surface area contributed by atoms with Crippen LogP contribution in [0.4, 0.5) is 29.6 Å². The summed E-state index contributed by atoms with van der Waals surface area (Å²) in [5.74, 6) is 0.936. The molecule has 3 aromatic heterocycles. The molecule has 0 saturated carbocycles. The number of pyridine rings is 2. The topological polar surface area (TPSA) is 144 Å². The number of carbonyl (C=O) groups is 2. The summed E-state index contributed by atoms with van der Waals surface area (Å²) in [5, 5.41) is 21.3. The smallest absolute Gasteiger partial charge is 0.416 e. The Morgan fingerprint density at radius 3 is 2.54 bits per heavy atom. The van der Waals surface area contributed by atoms with Crippen LogP contribution in [0.1, 0.15) is 40.4 Å². The van der Waals surface area contributed by atoms with Crippen LogP contribution in [0.15, 0.2) is 67.0 Å². The summed E-state index contributed by atoms with van der Waals surface area (Å²) in [6, 6.07) is 13.3. The Morgan fingerprint density at radius 2 is 1.84 bits per heavy atom. The van der Waals surface area contributed by atoms with Crippen LogP contribution in [0, 0.1) is 3.57 Å². The van der Waals surface area contributed by atoms with Gasteiger partial charge >= 0.3 is 12.3 Å². The number of nitrogens with zero attached hydrogens (tertiary/aromatic N) is 5. The number of halogens is 4. The van der Waals surface area contributed by atoms with E-state index in [9.17, 15) is 27.9 Å². The number of rotatable bonds is 9. The van der Waals surface area contributed by atoms with E-state index in [0.717, 1.165) is 33.0 Å². The van der Waals surface area contributed by atoms with Gasteiger partial charge in [0.15, 0.2) is 0 Å². The lowest BCUT2D eigenvalue weighted by atomic mass is 10.0. The average Bonchev–Trinajstić information content (AvgIpc) is 3.53. The second kappa shape index (κ2) is 14.4. The van der Waals surface area contributed by atoms with E-state index in [4.69, 9.17) is 19.6 Å². The fraction of sp³-hybridized carbons (Fsp3) is 0.265. The third-order valence-electron chi connectivity index (χ3n) is 8.38. The maximum Gasteiger partial charge on any atom is 0.416 e. The monoisotopic (exact) mass is 801 g/mol. The van der Waals surface area contributed by atoms with Gasteiger partial charge in [0.05, 0.1) is 40.3 Å². The zero-order valence-electron chi connectivity index (χ0n) is 26.8. The molecule has 4 heterocycles. The van der Waals surface area contributed by atoms with Crippen molar-refractivity contribution in [2.45, 2.75) is 31.6 Å². The van der Waals surface area contributed by atoms with Crippen molar-refractivity contribution in [2.75, 3.05) is 37.9 Å². The van der Waals surface area contributed by atoms with E-state index in [1.807, 2.05) is 16.8 Å². The van der Waals surface area contributed by atoms with Crippen LogP contribution < -0.4 is 20.1 Å². The van der Waals surface area contributed by atoms with Crippen LogP contribution in [0.5, 0.6) is 11.5 Å². The highest BCUT2D eigenvalue weighted by Crippen LogP contribution is 2.39. The Bertz CT molecular complexity index is 2060. The van der Waals surface area contributed by atoms with E-state index >= 15 is 0 Å². The van der Waals surface area contributed by atoms with Crippen LogP contribution in [-0.4, -0.2) is 69.1 Å². The Labute approximate surface area is 297 Å². The van der Waals surface area contributed by atoms with E-state index in [1.54, 1.807) is 50.7 Å². The minimum atomic E-state index is -4.58. The van der Waals surface area contributed by atoms with Gasteiger partial charge in [0.2, 0.25) is 0 Å². The highest BCUT2D eigenvalue weighted by molar-refractivity contribution is 14.1. The Hall–Kier alpha value is -5.13. The summed E-state index contributed by atoms with van der Waals surface area (Å²) in [6.45, 7) is 1.05. The molecular formula is C34H31F3IN7O5. The lowest BCUT2D eigenvalue weighted by molar-refractivity contribution is -0.137. The number of likely N-dealkylation sites (tertiary alicyclic amines) is 1. The van der Waals surface area contributed by atoms with Gasteiger partial charge in [-0.25, -0.2) is 14.8 Å². The fourth-order valence-electron chi connectivity index (χ4n) is 5.88. The van der Waals surface area contributed by atoms with Crippen LogP contribution in [0.2, 0.25) is 0 Å². The Balaban J connectivity index is 1.37. The van der Waals surface area contributed by atoms with Crippen molar-refractivity contribution in [3.8, 4) is 22.8 Å². The number of fused-ring (bicyclic) bond motifs is 1. The molecule has 1 aliphatic rings. The van der Waals surface area contributed by atoms with Gasteiger partial charge in [-0.15, -0.1) is 0 Å². The van der Waals surface area contributed by atoms with Gasteiger partial charge < -0.3 is 30.1 Å². The number of anilines is 2. The number of aromatic nitrogens is 4. The molecule has 1 atom stereocenters. The molecule has 12 nitrogen and oxygen atoms in total. The highest BCUT2D eigenvalue weighted by atomic mass is 127. The number of alkyl halides is 3. The molecule has 6 rings (SSSR count). The van der Waals surface area contributed by atoms with Crippen molar-refractivity contribution in [3.63, 3.8) is 0 Å². The quantitative estimate of drug-likeness (QED) is 0.131. The number of nitrogens with one attached hydrogen (secondary N) is 2. The maximum absolute atomic E-state index is 13.2. The predicted molar refractivity (Wildman–Crippen MR) is 188 cm³/mol. The third kappa shape index (κ3) is 7.24. The first-order chi connectivity index (χ1) is 24.0. The van der Waals surface area contributed by atoms with Crippen LogP contribution >= 0.6 is 22.6 Å². The summed E-state index contributed by atoms with van der Waals surface area (Å²) in [5.41, 5.74) is 2.08. The molecule has 260 valence electrons. The molecule has 2 aromatic carbocycles. The zero-order chi connectivity index (χ0) is 35.6. The molecule has 0 spiro atoms. The van der Waals surface area contributed by atoms with Gasteiger partial charge in [0.25, 0.3) is 5.91 Å². The minimum absolute atomic E-state index is 0.193. The predicted octanol–water partition coefficient (Wildman–Crippen LogP) is 7.31. The number of methoxy groups -OCH3 is 2. The first kappa shape index (κ1) is 34.7. The average molecular weight is 802 g/mol. The number of ether oxygens (including phenoxy) is 2. The van der Waals surface area contributed by atoms with Gasteiger partial charge in [-0.1, -0.05) is 12.1 Å². The van der Waals surface area contributed by atoms with E-state index in [2.05, 4.69) is 38.2 Å². The minimum Gasteiger partial charge on any atom is -0.497 e. The zero-order valence-corrected chi connectivity index (χ0v) is 28.9. The molecule has 1 aliphatic heterocycles. The van der Waals surface area contributed by atoms with E-state index in [-0.39, 0.29) is 24.0 Å². The standard InChI is InChI=1S/C34H31F3IN7O5/c1-49-24-10-9-21(26(15-24)50-2)16-40-31-28-29(43-45(30(28)25(38)17-41-31)23-4-3-13-44(18-23)33(47)48)19-5-7-20(8-6-19)32(46)42-27-14-22(11-12-39-27)34(35,36)37/h5-12,14-15,17,23H,3-4,13,16,18H2,1-2H3,(H,40,41)(H,47,48)(H,39,42,46)/t23-/m1/s1. The molecule has 1 fully saturated rings. The molecule has 5 aromatic rings. The van der Waals surface area contributed by atoms with Gasteiger partial charge in [-0.3, -0.25) is 9.48 Å². The number of carbonyl (C=O) groups excluding carboxylic acids is 1. The van der Waals surface area contributed by atoms with Crippen molar-refractivity contribution in [1.29, 1.82) is 0 Å². The highest BCUT2D eigenvalue weighted by Gasteiger charge is 2.31. The molecule has 0 radical (unpaired) electrons. The van der Waals surface area contributed by atoms with Gasteiger partial charge in [-0.05, 0) is 71.8 Å². The molecule has 50 heavy (non-hydrogen) atoms. The molecule has 0 aliphatic carbocycles. The molecule has 1 saturated heterocycles. The third-order valence-corrected chi connectivity index (χ3v) is 9.17. The number of hydrogen-bond donors (Lipinski definition) is 3. The van der Waals surface area contributed by atoms with Crippen molar-refractivity contribution in [2.24, 2.45) is 0 Å². The largest absolute Gasteiger partial charge is 0.497 e. The Kier molecular flexibility index (Phi) is 9.99. The van der Waals surface area contributed by atoms with E-state index < -0.39 is 23.7 Å². The molecule has 3 N–H and O–H groups in total. The molecule has 0 unspecified atom stereocenters. The molecule has 2 amide bonds. The lowest BCUT2D eigenvalue weighted by Crippen LogP contribution is -2.40. The van der Waals surface area contributed by atoms with Crippen LogP contribution in [0.25, 0.3) is 22.2 Å². The number of amides is 2. The second-order valence-corrected chi connectivity index (χ2v) is 12.6. The van der Waals surface area contributed by atoms with Gasteiger partial charge in [0, 0.05) is 54.8 Å². The van der Waals surface area contributed by atoms with Crippen LogP contribution in [0.3, 0.4) is 0 Å². The normalized spacial score (nSPS) is 14.8. The number of carboxylic acid groups (broad SMARTS) is 1. The summed E-state index contributed by atoms with van der Waals surface area (Å²) in [6.07, 6.45) is -1.48. The lowest BCUT2D eigenvalue weighted by Gasteiger charge is -2.31. The van der Waals surface area contributed by atoms with E-state index in [1.165, 1.54) is 4.90 Å². The van der Waals surface area contributed by atoms with Gasteiger partial charge in [0.1, 0.15) is 28.8 Å². The van der Waals surface area contributed by atoms with Crippen molar-refractivity contribution in [1.82, 2.24) is 24.6 Å². The van der Waals surface area contributed by atoms with Gasteiger partial charge in [-0.2, -0.15) is 18.3 Å². The summed E-state index contributed by atoms with van der Waals surface area (Å²) < 4.78 is 53.1. The molecular weight excluding hydrogens is 770 g/mol. The van der Waals surface area contributed by atoms with E-state index in [0.29, 0.717) is 59.9 Å². The number of piperidine rings is 1.